The van der Waals surface area contributed by atoms with Crippen LogP contribution in [-0.4, -0.2) is 41.5 Å². The van der Waals surface area contributed by atoms with Crippen LogP contribution in [0, 0.1) is 0 Å². The van der Waals surface area contributed by atoms with Gasteiger partial charge in [0.05, 0.1) is 12.9 Å². The molecule has 0 spiro atoms. The van der Waals surface area contributed by atoms with Crippen LogP contribution in [-0.2, 0) is 0 Å². The highest BCUT2D eigenvalue weighted by Crippen LogP contribution is 2.14. The van der Waals surface area contributed by atoms with Gasteiger partial charge in [-0.15, -0.1) is 6.58 Å². The number of anilines is 1. The van der Waals surface area contributed by atoms with Crippen LogP contribution in [0.15, 0.2) is 59.7 Å². The van der Waals surface area contributed by atoms with Crippen LogP contribution in [0.5, 0.6) is 0 Å². The van der Waals surface area contributed by atoms with Gasteiger partial charge in [0.1, 0.15) is 0 Å². The van der Waals surface area contributed by atoms with E-state index in [4.69, 9.17) is 9.52 Å². The highest BCUT2D eigenvalue weighted by molar-refractivity contribution is 6.03. The number of nitrogens with one attached hydrogen (secondary N) is 1. The molecule has 23 heavy (non-hydrogen) atoms. The summed E-state index contributed by atoms with van der Waals surface area (Å²) >= 11 is 0. The Morgan fingerprint density at radius 1 is 1.30 bits per heavy atom. The van der Waals surface area contributed by atoms with Gasteiger partial charge in [-0.3, -0.25) is 9.59 Å². The number of aliphatic hydroxyl groups is 1. The number of hydrogen-bond donors (Lipinski definition) is 2. The minimum absolute atomic E-state index is 0.130. The summed E-state index contributed by atoms with van der Waals surface area (Å²) in [4.78, 5) is 25.8. The quantitative estimate of drug-likeness (QED) is 0.767. The maximum Gasteiger partial charge on any atom is 0.291 e. The van der Waals surface area contributed by atoms with Gasteiger partial charge in [-0.25, -0.2) is 0 Å². The maximum atomic E-state index is 12.4. The number of amides is 2. The molecule has 0 atom stereocenters. The van der Waals surface area contributed by atoms with Gasteiger partial charge in [0, 0.05) is 24.3 Å². The molecule has 0 saturated carbocycles. The normalized spacial score (nSPS) is 10.1. The number of carbonyl (C=O) groups is 2. The topological polar surface area (TPSA) is 82.8 Å². The predicted molar refractivity (Wildman–Crippen MR) is 86.3 cm³/mol. The Morgan fingerprint density at radius 2 is 2.13 bits per heavy atom. The molecular formula is C17H18N2O4. The molecule has 0 aliphatic rings. The number of hydrogen-bond acceptors (Lipinski definition) is 4. The average molecular weight is 314 g/mol. The first-order valence-electron chi connectivity index (χ1n) is 7.11. The molecule has 0 bridgehead atoms. The van der Waals surface area contributed by atoms with Crippen molar-refractivity contribution in [1.29, 1.82) is 0 Å². The Labute approximate surface area is 134 Å². The highest BCUT2D eigenvalue weighted by Gasteiger charge is 2.15. The van der Waals surface area contributed by atoms with Crippen LogP contribution < -0.4 is 5.32 Å². The molecule has 1 heterocycles. The Bertz CT molecular complexity index is 680. The summed E-state index contributed by atoms with van der Waals surface area (Å²) in [6.07, 6.45) is 3.01. The largest absolute Gasteiger partial charge is 0.459 e. The SMILES string of the molecule is C=CCN(CCO)C(=O)c1cccc(NC(=O)c2ccco2)c1. The van der Waals surface area contributed by atoms with Gasteiger partial charge in [0.25, 0.3) is 11.8 Å². The fourth-order valence-electron chi connectivity index (χ4n) is 2.07. The zero-order chi connectivity index (χ0) is 16.7. The standard InChI is InChI=1S/C17H18N2O4/c1-2-8-19(9-10-20)17(22)13-5-3-6-14(12-13)18-16(21)15-7-4-11-23-15/h2-7,11-12,20H,1,8-10H2,(H,18,21). The van der Waals surface area contributed by atoms with E-state index >= 15 is 0 Å². The molecule has 0 radical (unpaired) electrons. The van der Waals surface area contributed by atoms with E-state index in [-0.39, 0.29) is 24.8 Å². The van der Waals surface area contributed by atoms with Crippen molar-refractivity contribution in [2.75, 3.05) is 25.0 Å². The van der Waals surface area contributed by atoms with Crippen molar-refractivity contribution in [3.05, 3.63) is 66.6 Å². The molecule has 0 unspecified atom stereocenters. The highest BCUT2D eigenvalue weighted by atomic mass is 16.3. The van der Waals surface area contributed by atoms with Crippen molar-refractivity contribution < 1.29 is 19.1 Å². The van der Waals surface area contributed by atoms with E-state index in [1.807, 2.05) is 0 Å². The molecule has 2 aromatic rings. The Hall–Kier alpha value is -2.86. The fourth-order valence-corrected chi connectivity index (χ4v) is 2.07. The molecule has 1 aromatic heterocycles. The minimum Gasteiger partial charge on any atom is -0.459 e. The van der Waals surface area contributed by atoms with E-state index in [0.29, 0.717) is 17.8 Å². The van der Waals surface area contributed by atoms with Crippen LogP contribution in [0.25, 0.3) is 0 Å². The van der Waals surface area contributed by atoms with Crippen LogP contribution in [0.2, 0.25) is 0 Å². The number of rotatable bonds is 7. The lowest BCUT2D eigenvalue weighted by atomic mass is 10.1. The number of furan rings is 1. The Kier molecular flexibility index (Phi) is 5.71. The summed E-state index contributed by atoms with van der Waals surface area (Å²) in [6, 6.07) is 9.76. The third-order valence-electron chi connectivity index (χ3n) is 3.12. The lowest BCUT2D eigenvalue weighted by Gasteiger charge is -2.20. The second-order valence-electron chi connectivity index (χ2n) is 4.78. The lowest BCUT2D eigenvalue weighted by molar-refractivity contribution is 0.0742. The molecule has 120 valence electrons. The lowest BCUT2D eigenvalue weighted by Crippen LogP contribution is -2.33. The van der Waals surface area contributed by atoms with Crippen molar-refractivity contribution in [3.8, 4) is 0 Å². The van der Waals surface area contributed by atoms with Gasteiger partial charge in [-0.05, 0) is 30.3 Å². The summed E-state index contributed by atoms with van der Waals surface area (Å²) < 4.78 is 5.02. The van der Waals surface area contributed by atoms with E-state index < -0.39 is 5.91 Å². The first-order valence-corrected chi connectivity index (χ1v) is 7.11. The molecule has 0 fully saturated rings. The Morgan fingerprint density at radius 3 is 2.78 bits per heavy atom. The summed E-state index contributed by atoms with van der Waals surface area (Å²) in [5, 5.41) is 11.7. The molecule has 2 amide bonds. The zero-order valence-corrected chi connectivity index (χ0v) is 12.6. The molecule has 0 aliphatic heterocycles. The van der Waals surface area contributed by atoms with Crippen molar-refractivity contribution in [2.24, 2.45) is 0 Å². The molecule has 6 nitrogen and oxygen atoms in total. The average Bonchev–Trinajstić information content (AvgIpc) is 3.09. The van der Waals surface area contributed by atoms with Gasteiger partial charge in [0.15, 0.2) is 5.76 Å². The molecule has 2 N–H and O–H groups in total. The van der Waals surface area contributed by atoms with Crippen LogP contribution in [0.1, 0.15) is 20.9 Å². The van der Waals surface area contributed by atoms with Gasteiger partial charge >= 0.3 is 0 Å². The zero-order valence-electron chi connectivity index (χ0n) is 12.6. The van der Waals surface area contributed by atoms with Gasteiger partial charge in [-0.2, -0.15) is 0 Å². The second-order valence-corrected chi connectivity index (χ2v) is 4.78. The van der Waals surface area contributed by atoms with Crippen LogP contribution in [0.4, 0.5) is 5.69 Å². The van der Waals surface area contributed by atoms with Crippen LogP contribution >= 0.6 is 0 Å². The van der Waals surface area contributed by atoms with Gasteiger partial charge in [0.2, 0.25) is 0 Å². The van der Waals surface area contributed by atoms with Crippen molar-refractivity contribution in [2.45, 2.75) is 0 Å². The third-order valence-corrected chi connectivity index (χ3v) is 3.12. The maximum absolute atomic E-state index is 12.4. The predicted octanol–water partition coefficient (Wildman–Crippen LogP) is 2.15. The number of benzene rings is 1. The van der Waals surface area contributed by atoms with E-state index in [9.17, 15) is 9.59 Å². The number of carbonyl (C=O) groups excluding carboxylic acids is 2. The van der Waals surface area contributed by atoms with Crippen molar-refractivity contribution in [1.82, 2.24) is 4.90 Å². The summed E-state index contributed by atoms with van der Waals surface area (Å²) in [5.74, 6) is -0.443. The summed E-state index contributed by atoms with van der Waals surface area (Å²) in [6.45, 7) is 4.02. The van der Waals surface area contributed by atoms with E-state index in [0.717, 1.165) is 0 Å². The van der Waals surface area contributed by atoms with Gasteiger partial charge in [-0.1, -0.05) is 12.1 Å². The first-order chi connectivity index (χ1) is 11.2. The van der Waals surface area contributed by atoms with Crippen molar-refractivity contribution >= 4 is 17.5 Å². The minimum atomic E-state index is -0.391. The van der Waals surface area contributed by atoms with Crippen LogP contribution in [0.3, 0.4) is 0 Å². The van der Waals surface area contributed by atoms with Crippen molar-refractivity contribution in [3.63, 3.8) is 0 Å². The molecule has 2 rings (SSSR count). The monoisotopic (exact) mass is 314 g/mol. The first kappa shape index (κ1) is 16.5. The second kappa shape index (κ2) is 7.95. The smallest absolute Gasteiger partial charge is 0.291 e. The van der Waals surface area contributed by atoms with E-state index in [1.54, 1.807) is 42.5 Å². The summed E-state index contributed by atoms with van der Waals surface area (Å²) in [5.41, 5.74) is 0.900. The molecule has 6 heteroatoms. The van der Waals surface area contributed by atoms with Gasteiger partial charge < -0.3 is 19.7 Å². The molecule has 0 aliphatic carbocycles. The van der Waals surface area contributed by atoms with E-state index in [1.165, 1.54) is 11.2 Å². The summed E-state index contributed by atoms with van der Waals surface area (Å²) in [7, 11) is 0. The number of nitrogens with zero attached hydrogens (tertiary/aromatic N) is 1. The molecule has 1 aromatic carbocycles. The molecule has 0 saturated heterocycles. The fraction of sp³-hybridized carbons (Fsp3) is 0.176. The Balaban J connectivity index is 2.13. The molecular weight excluding hydrogens is 296 g/mol. The third kappa shape index (κ3) is 4.31. The van der Waals surface area contributed by atoms with E-state index in [2.05, 4.69) is 11.9 Å². The number of aliphatic hydroxyl groups excluding tert-OH is 1.